The molecule has 1 amide bonds. The Labute approximate surface area is 162 Å². The lowest BCUT2D eigenvalue weighted by atomic mass is 9.97. The Bertz CT molecular complexity index is 807. The predicted octanol–water partition coefficient (Wildman–Crippen LogP) is 2.38. The summed E-state index contributed by atoms with van der Waals surface area (Å²) >= 11 is 1.44. The van der Waals surface area contributed by atoms with E-state index in [4.69, 9.17) is 14.6 Å². The number of carboxylic acid groups (broad SMARTS) is 1. The Balaban J connectivity index is 0.000000345. The third-order valence-electron chi connectivity index (χ3n) is 3.93. The molecule has 12 heteroatoms. The van der Waals surface area contributed by atoms with Crippen LogP contribution in [-0.2, 0) is 22.6 Å². The summed E-state index contributed by atoms with van der Waals surface area (Å²) in [6.07, 6.45) is -3.06. The largest absolute Gasteiger partial charge is 0.490 e. The first kappa shape index (κ1) is 21.8. The molecule has 1 aliphatic rings. The number of methoxy groups -OCH3 is 1. The Kier molecular flexibility index (Phi) is 7.13. The van der Waals surface area contributed by atoms with Gasteiger partial charge in [0.2, 0.25) is 0 Å². The monoisotopic (exact) mass is 420 g/mol. The molecule has 0 fully saturated rings. The molecule has 154 valence electrons. The molecule has 0 spiro atoms. The number of rotatable bonds is 4. The van der Waals surface area contributed by atoms with Gasteiger partial charge in [-0.3, -0.25) is 9.48 Å². The summed E-state index contributed by atoms with van der Waals surface area (Å²) in [5.41, 5.74) is 4.36. The van der Waals surface area contributed by atoms with Gasteiger partial charge in [0.05, 0.1) is 17.8 Å². The summed E-state index contributed by atoms with van der Waals surface area (Å²) in [4.78, 5) is 27.3. The third kappa shape index (κ3) is 5.29. The van der Waals surface area contributed by atoms with Crippen molar-refractivity contribution in [2.45, 2.75) is 32.1 Å². The molecule has 28 heavy (non-hydrogen) atoms. The Hall–Kier alpha value is -2.47. The first-order chi connectivity index (χ1) is 13.2. The number of ether oxygens (including phenoxy) is 1. The SMILES string of the molecule is CCn1cc2c(n1)C(COC)CN(C(=O)c1cscn1)C2.O=C(O)C(F)(F)F. The number of hydrogen-bond donors (Lipinski definition) is 1. The number of carbonyl (C=O) groups is 2. The smallest absolute Gasteiger partial charge is 0.475 e. The molecule has 2 aromatic rings. The van der Waals surface area contributed by atoms with E-state index in [1.54, 1.807) is 18.0 Å². The van der Waals surface area contributed by atoms with Crippen molar-refractivity contribution in [1.29, 1.82) is 0 Å². The molecule has 0 radical (unpaired) electrons. The molecule has 2 aromatic heterocycles. The molecular weight excluding hydrogens is 401 g/mol. The van der Waals surface area contributed by atoms with Gasteiger partial charge < -0.3 is 14.7 Å². The molecule has 0 aliphatic carbocycles. The normalized spacial score (nSPS) is 16.2. The fourth-order valence-corrected chi connectivity index (χ4v) is 3.22. The standard InChI is InChI=1S/C14H18N4O2S.C2HF3O2/c1-3-18-6-10-4-17(14(19)12-8-21-9-15-12)5-11(7-20-2)13(10)16-18;3-2(4,5)1(6)7/h6,8-9,11H,3-5,7H2,1-2H3;(H,6,7). The molecule has 0 saturated carbocycles. The number of aliphatic carboxylic acids is 1. The lowest BCUT2D eigenvalue weighted by Crippen LogP contribution is -2.39. The average molecular weight is 420 g/mol. The average Bonchev–Trinajstić information content (AvgIpc) is 3.30. The van der Waals surface area contributed by atoms with Crippen molar-refractivity contribution < 1.29 is 32.6 Å². The highest BCUT2D eigenvalue weighted by molar-refractivity contribution is 7.07. The number of thiazole rings is 1. The molecule has 0 bridgehead atoms. The van der Waals surface area contributed by atoms with Crippen molar-refractivity contribution in [3.63, 3.8) is 0 Å². The van der Waals surface area contributed by atoms with E-state index in [0.717, 1.165) is 17.8 Å². The van der Waals surface area contributed by atoms with Gasteiger partial charge in [-0.25, -0.2) is 9.78 Å². The van der Waals surface area contributed by atoms with E-state index in [2.05, 4.69) is 17.0 Å². The predicted molar refractivity (Wildman–Crippen MR) is 93.1 cm³/mol. The first-order valence-corrected chi connectivity index (χ1v) is 9.14. The number of hydrogen-bond acceptors (Lipinski definition) is 6. The second-order valence-corrected chi connectivity index (χ2v) is 6.63. The number of carbonyl (C=O) groups excluding carboxylic acids is 1. The van der Waals surface area contributed by atoms with Crippen LogP contribution < -0.4 is 0 Å². The van der Waals surface area contributed by atoms with Crippen LogP contribution in [0.5, 0.6) is 0 Å². The van der Waals surface area contributed by atoms with E-state index in [9.17, 15) is 18.0 Å². The Morgan fingerprint density at radius 3 is 2.61 bits per heavy atom. The number of fused-ring (bicyclic) bond motifs is 1. The van der Waals surface area contributed by atoms with E-state index in [1.807, 2.05) is 15.8 Å². The van der Waals surface area contributed by atoms with E-state index in [-0.39, 0.29) is 11.8 Å². The van der Waals surface area contributed by atoms with Crippen LogP contribution in [0.4, 0.5) is 13.2 Å². The summed E-state index contributed by atoms with van der Waals surface area (Å²) < 4.78 is 39.0. The topological polar surface area (TPSA) is 97.5 Å². The van der Waals surface area contributed by atoms with Crippen LogP contribution in [0.15, 0.2) is 17.1 Å². The van der Waals surface area contributed by atoms with E-state index >= 15 is 0 Å². The number of aromatic nitrogens is 3. The molecule has 1 aliphatic heterocycles. The first-order valence-electron chi connectivity index (χ1n) is 8.20. The fraction of sp³-hybridized carbons (Fsp3) is 0.500. The maximum Gasteiger partial charge on any atom is 0.490 e. The number of nitrogens with zero attached hydrogens (tertiary/aromatic N) is 4. The highest BCUT2D eigenvalue weighted by Gasteiger charge is 2.38. The van der Waals surface area contributed by atoms with Gasteiger partial charge in [-0.15, -0.1) is 11.3 Å². The van der Waals surface area contributed by atoms with Gasteiger partial charge >= 0.3 is 12.1 Å². The van der Waals surface area contributed by atoms with Gasteiger partial charge in [0.25, 0.3) is 5.91 Å². The Morgan fingerprint density at radius 2 is 2.11 bits per heavy atom. The quantitative estimate of drug-likeness (QED) is 0.816. The summed E-state index contributed by atoms with van der Waals surface area (Å²) in [6.45, 7) is 4.66. The zero-order chi connectivity index (χ0) is 20.9. The third-order valence-corrected chi connectivity index (χ3v) is 4.52. The van der Waals surface area contributed by atoms with Crippen molar-refractivity contribution in [2.75, 3.05) is 20.3 Å². The zero-order valence-corrected chi connectivity index (χ0v) is 16.0. The number of amides is 1. The lowest BCUT2D eigenvalue weighted by Gasteiger charge is -2.31. The minimum absolute atomic E-state index is 0.0211. The van der Waals surface area contributed by atoms with Crippen LogP contribution in [0.3, 0.4) is 0 Å². The molecule has 0 aromatic carbocycles. The summed E-state index contributed by atoms with van der Waals surface area (Å²) in [5, 5.41) is 13.5. The summed E-state index contributed by atoms with van der Waals surface area (Å²) in [7, 11) is 1.68. The molecule has 1 atom stereocenters. The van der Waals surface area contributed by atoms with Crippen molar-refractivity contribution in [1.82, 2.24) is 19.7 Å². The number of halogens is 3. The Morgan fingerprint density at radius 1 is 1.43 bits per heavy atom. The molecule has 0 saturated heterocycles. The van der Waals surface area contributed by atoms with Crippen LogP contribution in [0.1, 0.15) is 34.6 Å². The maximum absolute atomic E-state index is 12.5. The van der Waals surface area contributed by atoms with Gasteiger partial charge in [-0.2, -0.15) is 18.3 Å². The molecule has 1 unspecified atom stereocenters. The van der Waals surface area contributed by atoms with Crippen LogP contribution in [-0.4, -0.2) is 63.1 Å². The fourth-order valence-electron chi connectivity index (χ4n) is 2.70. The molecule has 3 heterocycles. The summed E-state index contributed by atoms with van der Waals surface area (Å²) in [6, 6.07) is 0. The number of alkyl halides is 3. The van der Waals surface area contributed by atoms with Crippen LogP contribution in [0.25, 0.3) is 0 Å². The maximum atomic E-state index is 12.5. The van der Waals surface area contributed by atoms with Gasteiger partial charge in [0.15, 0.2) is 0 Å². The highest BCUT2D eigenvalue weighted by atomic mass is 32.1. The molecule has 8 nitrogen and oxygen atoms in total. The van der Waals surface area contributed by atoms with Crippen molar-refractivity contribution in [2.24, 2.45) is 0 Å². The van der Waals surface area contributed by atoms with Gasteiger partial charge in [0.1, 0.15) is 5.69 Å². The minimum Gasteiger partial charge on any atom is -0.475 e. The van der Waals surface area contributed by atoms with Crippen LogP contribution in [0.2, 0.25) is 0 Å². The number of carboxylic acids is 1. The van der Waals surface area contributed by atoms with Gasteiger partial charge in [-0.1, -0.05) is 0 Å². The van der Waals surface area contributed by atoms with E-state index < -0.39 is 12.1 Å². The van der Waals surface area contributed by atoms with Gasteiger partial charge in [-0.05, 0) is 6.92 Å². The highest BCUT2D eigenvalue weighted by Crippen LogP contribution is 2.28. The number of aryl methyl sites for hydroxylation is 1. The molecule has 1 N–H and O–H groups in total. The second-order valence-electron chi connectivity index (χ2n) is 5.91. The van der Waals surface area contributed by atoms with Crippen molar-refractivity contribution >= 4 is 23.2 Å². The second kappa shape index (κ2) is 9.15. The summed E-state index contributed by atoms with van der Waals surface area (Å²) in [5.74, 6) is -2.66. The van der Waals surface area contributed by atoms with Crippen LogP contribution >= 0.6 is 11.3 Å². The van der Waals surface area contributed by atoms with E-state index in [1.165, 1.54) is 11.3 Å². The van der Waals surface area contributed by atoms with Crippen LogP contribution in [0, 0.1) is 0 Å². The molecular formula is C16H19F3N4O4S. The minimum atomic E-state index is -5.08. The van der Waals surface area contributed by atoms with Crippen molar-refractivity contribution in [3.05, 3.63) is 34.0 Å². The van der Waals surface area contributed by atoms with E-state index in [0.29, 0.717) is 25.4 Å². The van der Waals surface area contributed by atoms with Gasteiger partial charge in [0, 0.05) is 49.8 Å². The lowest BCUT2D eigenvalue weighted by molar-refractivity contribution is -0.192. The van der Waals surface area contributed by atoms with Crippen molar-refractivity contribution in [3.8, 4) is 0 Å². The molecule has 3 rings (SSSR count). The zero-order valence-electron chi connectivity index (χ0n) is 15.1.